The molecule has 0 aliphatic heterocycles. The third-order valence-corrected chi connectivity index (χ3v) is 19.1. The van der Waals surface area contributed by atoms with Crippen molar-refractivity contribution in [3.8, 4) is 11.1 Å². The fraction of sp³-hybridized carbons (Fsp3) is 0.512. The van der Waals surface area contributed by atoms with E-state index in [2.05, 4.69) is 146 Å². The van der Waals surface area contributed by atoms with Crippen molar-refractivity contribution in [2.45, 2.75) is 128 Å². The fourth-order valence-corrected chi connectivity index (χ4v) is 17.5. The zero-order valence-electron chi connectivity index (χ0n) is 31.2. The van der Waals surface area contributed by atoms with Crippen LogP contribution in [0.2, 0.25) is 0 Å². The normalized spacial score (nSPS) is 18.7. The van der Waals surface area contributed by atoms with Gasteiger partial charge in [-0.1, -0.05) is 0 Å². The van der Waals surface area contributed by atoms with Crippen LogP contribution in [0.3, 0.4) is 0 Å². The van der Waals surface area contributed by atoms with Crippen LogP contribution >= 0.6 is 0 Å². The van der Waals surface area contributed by atoms with Gasteiger partial charge in [-0.2, -0.15) is 0 Å². The van der Waals surface area contributed by atoms with E-state index in [0.29, 0.717) is 0 Å². The first kappa shape index (κ1) is 37.6. The molecule has 46 heavy (non-hydrogen) atoms. The summed E-state index contributed by atoms with van der Waals surface area (Å²) < 4.78 is 5.31. The molecule has 0 saturated heterocycles. The molecule has 3 heteroatoms. The predicted molar refractivity (Wildman–Crippen MR) is 191 cm³/mol. The average Bonchev–Trinajstić information content (AvgIpc) is 3.59. The smallest absolute Gasteiger partial charge is 1.00 e. The predicted octanol–water partition coefficient (Wildman–Crippen LogP) is 6.13. The van der Waals surface area contributed by atoms with Crippen molar-refractivity contribution in [2.24, 2.45) is 16.2 Å². The minimum absolute atomic E-state index is 0. The van der Waals surface area contributed by atoms with Gasteiger partial charge in [-0.05, 0) is 0 Å². The molecule has 0 aromatic heterocycles. The van der Waals surface area contributed by atoms with E-state index >= 15 is 0 Å². The van der Waals surface area contributed by atoms with Crippen molar-refractivity contribution in [2.75, 3.05) is 0 Å². The molecule has 0 unspecified atom stereocenters. The number of allylic oxidation sites excluding steroid dienone is 8. The van der Waals surface area contributed by atoms with Crippen LogP contribution in [0.15, 0.2) is 54.6 Å². The van der Waals surface area contributed by atoms with Crippen LogP contribution in [0, 0.1) is 16.2 Å². The second-order valence-electron chi connectivity index (χ2n) is 18.6. The van der Waals surface area contributed by atoms with Crippen molar-refractivity contribution >= 4 is 14.4 Å². The zero-order valence-corrected chi connectivity index (χ0v) is 35.2. The Kier molecular flexibility index (Phi) is 9.52. The Balaban J connectivity index is 0.00000240. The first-order valence-electron chi connectivity index (χ1n) is 17.0. The van der Waals surface area contributed by atoms with Gasteiger partial charge in [-0.15, -0.1) is 0 Å². The molecular formula is C43H56Cl2Zr. The van der Waals surface area contributed by atoms with E-state index in [-0.39, 0.29) is 51.9 Å². The van der Waals surface area contributed by atoms with E-state index in [1.54, 1.807) is 23.2 Å². The molecule has 0 heterocycles. The van der Waals surface area contributed by atoms with Gasteiger partial charge in [-0.25, -0.2) is 0 Å². The van der Waals surface area contributed by atoms with Gasteiger partial charge in [0.05, 0.1) is 0 Å². The van der Waals surface area contributed by atoms with Gasteiger partial charge in [0.2, 0.25) is 0 Å². The monoisotopic (exact) mass is 732 g/mol. The molecule has 0 bridgehead atoms. The maximum atomic E-state index is 2.65. The first-order chi connectivity index (χ1) is 20.0. The topological polar surface area (TPSA) is 0 Å². The molecule has 0 amide bonds. The quantitative estimate of drug-likeness (QED) is 0.298. The molecule has 2 aromatic carbocycles. The Bertz CT molecular complexity index is 1790. The van der Waals surface area contributed by atoms with E-state index in [1.165, 1.54) is 44.5 Å². The standard InChI is InChI=1S/C31H37.C9H13.C3H6.2ClH.Zr/c1-28(2,3)26-16-30(7,8)24-12-18-11-19-13-25-23(15-21(19)20(18)14-22(24)26)27(29(4,5)6)17-31(25,9)10;1-9(2,3)8-6-4-5-7-8;1-3-2;;;/h12-16H,11H2,1-10H3;6-7H,4H2,1-3H3;1-2H3;2*1H;/q;;;;;+2/p-2. The molecule has 4 aliphatic rings. The molecule has 0 spiro atoms. The molecule has 0 saturated carbocycles. The summed E-state index contributed by atoms with van der Waals surface area (Å²) in [6.45, 7) is 36.5. The second kappa shape index (κ2) is 11.7. The number of rotatable bonds is 2. The van der Waals surface area contributed by atoms with E-state index in [0.717, 1.165) is 12.8 Å². The first-order valence-corrected chi connectivity index (χ1v) is 20.7. The molecule has 2 aromatic rings. The number of halogens is 2. The van der Waals surface area contributed by atoms with Crippen LogP contribution in [-0.2, 0) is 38.5 Å². The number of fused-ring (bicyclic) bond motifs is 5. The average molecular weight is 735 g/mol. The molecule has 0 N–H and O–H groups in total. The summed E-state index contributed by atoms with van der Waals surface area (Å²) in [6, 6.07) is 10.4. The van der Waals surface area contributed by atoms with Gasteiger partial charge in [0.1, 0.15) is 0 Å². The summed E-state index contributed by atoms with van der Waals surface area (Å²) in [4.78, 5) is 0. The van der Waals surface area contributed by atoms with Gasteiger partial charge < -0.3 is 24.8 Å². The fourth-order valence-electron chi connectivity index (χ4n) is 8.66. The van der Waals surface area contributed by atoms with E-state index in [1.807, 2.05) is 3.28 Å². The third-order valence-electron chi connectivity index (χ3n) is 10.8. The van der Waals surface area contributed by atoms with Gasteiger partial charge in [0.25, 0.3) is 0 Å². The molecule has 0 fully saturated rings. The van der Waals surface area contributed by atoms with Crippen LogP contribution in [0.5, 0.6) is 0 Å². The Hall–Kier alpha value is -1.27. The number of hydrogen-bond donors (Lipinski definition) is 0. The van der Waals surface area contributed by atoms with Crippen molar-refractivity contribution in [3.05, 3.63) is 88.0 Å². The molecule has 246 valence electrons. The van der Waals surface area contributed by atoms with Gasteiger partial charge in [0, 0.05) is 0 Å². The van der Waals surface area contributed by atoms with Crippen LogP contribution in [0.25, 0.3) is 22.3 Å². The molecule has 0 radical (unpaired) electrons. The van der Waals surface area contributed by atoms with Crippen LogP contribution in [0.4, 0.5) is 0 Å². The molecule has 6 rings (SSSR count). The minimum Gasteiger partial charge on any atom is -1.00 e. The zero-order chi connectivity index (χ0) is 32.5. The summed E-state index contributed by atoms with van der Waals surface area (Å²) in [5.74, 6) is 0. The van der Waals surface area contributed by atoms with Crippen LogP contribution < -0.4 is 24.8 Å². The molecule has 0 atom stereocenters. The summed E-state index contributed by atoms with van der Waals surface area (Å²) in [5, 5.41) is 0. The maximum Gasteiger partial charge on any atom is -1.00 e. The van der Waals surface area contributed by atoms with E-state index in [4.69, 9.17) is 0 Å². The maximum absolute atomic E-state index is 2.65. The minimum atomic E-state index is -2.33. The van der Waals surface area contributed by atoms with Crippen molar-refractivity contribution in [1.82, 2.24) is 0 Å². The van der Waals surface area contributed by atoms with Crippen molar-refractivity contribution in [1.29, 1.82) is 0 Å². The number of hydrogen-bond acceptors (Lipinski definition) is 0. The van der Waals surface area contributed by atoms with Gasteiger partial charge >= 0.3 is 279 Å². The number of benzene rings is 2. The Morgan fingerprint density at radius 1 is 0.674 bits per heavy atom. The summed E-state index contributed by atoms with van der Waals surface area (Å²) in [6.07, 6.45) is 9.91. The summed E-state index contributed by atoms with van der Waals surface area (Å²) in [5.41, 5.74) is 17.4. The van der Waals surface area contributed by atoms with E-state index in [9.17, 15) is 0 Å². The SMILES string of the molecule is C[C](C)=[Zr+2]([C]1=CC(C(C)(C)C)=CC1)[C]1=C(C(C)(C)C)c2cc3c(cc2C1(C)C)Cc1cc2c(cc1-3)C(C(C)(C)C)=CC2(C)C.[Cl-].[Cl-]. The Labute approximate surface area is 301 Å². The van der Waals surface area contributed by atoms with Crippen molar-refractivity contribution < 1.29 is 46.1 Å². The summed E-state index contributed by atoms with van der Waals surface area (Å²) in [7, 11) is 0. The molecule has 0 nitrogen and oxygen atoms in total. The van der Waals surface area contributed by atoms with E-state index < -0.39 is 21.3 Å². The van der Waals surface area contributed by atoms with Crippen LogP contribution in [-0.4, -0.2) is 3.21 Å². The van der Waals surface area contributed by atoms with Crippen molar-refractivity contribution in [3.63, 3.8) is 0 Å². The largest absolute Gasteiger partial charge is 1.00 e. The van der Waals surface area contributed by atoms with Crippen LogP contribution in [0.1, 0.15) is 144 Å². The summed E-state index contributed by atoms with van der Waals surface area (Å²) >= 11 is -2.33. The molecule has 4 aliphatic carbocycles. The third kappa shape index (κ3) is 5.86. The van der Waals surface area contributed by atoms with Gasteiger partial charge in [-0.3, -0.25) is 0 Å². The second-order valence-corrected chi connectivity index (χ2v) is 25.7. The Morgan fingerprint density at radius 3 is 1.70 bits per heavy atom. The molecular weight excluding hydrogens is 679 g/mol. The Morgan fingerprint density at radius 2 is 1.22 bits per heavy atom. The van der Waals surface area contributed by atoms with Gasteiger partial charge in [0.15, 0.2) is 0 Å².